The van der Waals surface area contributed by atoms with Gasteiger partial charge in [0.1, 0.15) is 0 Å². The van der Waals surface area contributed by atoms with Crippen LogP contribution in [-0.2, 0) is 9.53 Å². The fraction of sp³-hybridized carbons (Fsp3) is 0.769. The first-order valence-corrected chi connectivity index (χ1v) is 6.51. The van der Waals surface area contributed by atoms with Gasteiger partial charge >= 0.3 is 0 Å². The zero-order valence-corrected chi connectivity index (χ0v) is 11.0. The first kappa shape index (κ1) is 15.1. The van der Waals surface area contributed by atoms with E-state index in [9.17, 15) is 9.90 Å². The maximum atomic E-state index is 10.7. The third-order valence-corrected chi connectivity index (χ3v) is 3.21. The zero-order valence-electron chi connectivity index (χ0n) is 11.0. The summed E-state index contributed by atoms with van der Waals surface area (Å²) < 4.78 is 5.27. The highest BCUT2D eigenvalue weighted by molar-refractivity contribution is 5.74. The summed E-state index contributed by atoms with van der Waals surface area (Å²) in [7, 11) is 0. The van der Waals surface area contributed by atoms with Gasteiger partial charge in [0.2, 0.25) is 5.91 Å². The number of aliphatic hydroxyl groups excluding tert-OH is 1. The Balaban J connectivity index is 2.16. The maximum absolute atomic E-state index is 10.7. The molecule has 0 radical (unpaired) electrons. The van der Waals surface area contributed by atoms with E-state index in [-0.39, 0.29) is 12.3 Å². The first-order chi connectivity index (χ1) is 8.59. The number of morpholine rings is 1. The van der Waals surface area contributed by atoms with E-state index in [4.69, 9.17) is 10.5 Å². The number of carbonyl (C=O) groups excluding carboxylic acids is 1. The Morgan fingerprint density at radius 3 is 2.72 bits per heavy atom. The Hall–Kier alpha value is -0.910. The summed E-state index contributed by atoms with van der Waals surface area (Å²) in [5.41, 5.74) is 5.05. The van der Waals surface area contributed by atoms with Crippen LogP contribution in [0.15, 0.2) is 12.2 Å². The quantitative estimate of drug-likeness (QED) is 0.635. The minimum Gasteiger partial charge on any atom is -0.392 e. The van der Waals surface area contributed by atoms with Gasteiger partial charge in [0.05, 0.1) is 25.7 Å². The van der Waals surface area contributed by atoms with Gasteiger partial charge in [-0.15, -0.1) is 0 Å². The number of allylic oxidation sites excluding steroid dienone is 1. The minimum absolute atomic E-state index is 0.0401. The van der Waals surface area contributed by atoms with E-state index in [1.54, 1.807) is 0 Å². The van der Waals surface area contributed by atoms with E-state index in [1.165, 1.54) is 0 Å². The molecule has 1 amide bonds. The molecule has 3 N–H and O–H groups in total. The van der Waals surface area contributed by atoms with Gasteiger partial charge in [-0.25, -0.2) is 0 Å². The van der Waals surface area contributed by atoms with Gasteiger partial charge in [-0.05, 0) is 12.3 Å². The second kappa shape index (κ2) is 8.24. The fourth-order valence-electron chi connectivity index (χ4n) is 1.88. The lowest BCUT2D eigenvalue weighted by Gasteiger charge is -2.25. The minimum atomic E-state index is -0.643. The van der Waals surface area contributed by atoms with Crippen LogP contribution in [0.4, 0.5) is 0 Å². The van der Waals surface area contributed by atoms with Crippen molar-refractivity contribution in [2.24, 2.45) is 11.7 Å². The lowest BCUT2D eigenvalue weighted by Crippen LogP contribution is -2.36. The number of rotatable bonds is 7. The van der Waals surface area contributed by atoms with Gasteiger partial charge in [-0.1, -0.05) is 19.1 Å². The van der Waals surface area contributed by atoms with Gasteiger partial charge in [0.15, 0.2) is 0 Å². The molecule has 104 valence electrons. The van der Waals surface area contributed by atoms with Crippen LogP contribution in [0.25, 0.3) is 0 Å². The van der Waals surface area contributed by atoms with Crippen LogP contribution < -0.4 is 5.73 Å². The Morgan fingerprint density at radius 1 is 1.44 bits per heavy atom. The van der Waals surface area contributed by atoms with Crippen molar-refractivity contribution in [1.29, 1.82) is 0 Å². The number of hydrogen-bond acceptors (Lipinski definition) is 4. The van der Waals surface area contributed by atoms with E-state index >= 15 is 0 Å². The highest BCUT2D eigenvalue weighted by Crippen LogP contribution is 2.11. The summed E-state index contributed by atoms with van der Waals surface area (Å²) in [5, 5.41) is 9.67. The molecule has 0 spiro atoms. The summed E-state index contributed by atoms with van der Waals surface area (Å²) >= 11 is 0. The molecule has 1 fully saturated rings. The molecule has 1 heterocycles. The van der Waals surface area contributed by atoms with Crippen molar-refractivity contribution >= 4 is 5.91 Å². The molecule has 0 saturated carbocycles. The molecule has 0 bridgehead atoms. The molecule has 0 aromatic carbocycles. The number of primary amides is 1. The van der Waals surface area contributed by atoms with Gasteiger partial charge in [-0.3, -0.25) is 9.69 Å². The SMILES string of the molecule is C[C@H](C/C=C/CN1CCOCC1)[C@@H](O)CC(N)=O. The average Bonchev–Trinajstić information content (AvgIpc) is 2.34. The van der Waals surface area contributed by atoms with Crippen LogP contribution in [0.5, 0.6) is 0 Å². The highest BCUT2D eigenvalue weighted by atomic mass is 16.5. The van der Waals surface area contributed by atoms with Crippen molar-refractivity contribution in [2.75, 3.05) is 32.8 Å². The zero-order chi connectivity index (χ0) is 13.4. The predicted molar refractivity (Wildman–Crippen MR) is 70.0 cm³/mol. The van der Waals surface area contributed by atoms with Crippen LogP contribution in [0.2, 0.25) is 0 Å². The Labute approximate surface area is 109 Å². The first-order valence-electron chi connectivity index (χ1n) is 6.51. The molecular weight excluding hydrogens is 232 g/mol. The molecule has 0 aliphatic carbocycles. The van der Waals surface area contributed by atoms with E-state index in [0.29, 0.717) is 0 Å². The van der Waals surface area contributed by atoms with Crippen molar-refractivity contribution < 1.29 is 14.6 Å². The molecule has 0 unspecified atom stereocenters. The molecule has 18 heavy (non-hydrogen) atoms. The normalized spacial score (nSPS) is 21.0. The summed E-state index contributed by atoms with van der Waals surface area (Å²) in [6.07, 6.45) is 4.33. The lowest BCUT2D eigenvalue weighted by molar-refractivity contribution is -0.120. The molecule has 5 nitrogen and oxygen atoms in total. The maximum Gasteiger partial charge on any atom is 0.220 e. The second-order valence-electron chi connectivity index (χ2n) is 4.84. The smallest absolute Gasteiger partial charge is 0.220 e. The van der Waals surface area contributed by atoms with Crippen LogP contribution in [0.3, 0.4) is 0 Å². The summed E-state index contributed by atoms with van der Waals surface area (Å²) in [6, 6.07) is 0. The largest absolute Gasteiger partial charge is 0.392 e. The Kier molecular flexibility index (Phi) is 6.93. The summed E-state index contributed by atoms with van der Waals surface area (Å²) in [5.74, 6) is -0.398. The molecule has 1 rings (SSSR count). The standard InChI is InChI=1S/C13H24N2O3/c1-11(12(16)10-13(14)17)4-2-3-5-15-6-8-18-9-7-15/h2-3,11-12,16H,4-10H2,1H3,(H2,14,17)/b3-2+/t11-,12+/m1/s1. The molecule has 0 aromatic rings. The number of ether oxygens (including phenoxy) is 1. The molecule has 1 aliphatic heterocycles. The number of carbonyl (C=O) groups is 1. The van der Waals surface area contributed by atoms with Crippen LogP contribution >= 0.6 is 0 Å². The van der Waals surface area contributed by atoms with E-state index in [1.807, 2.05) is 6.92 Å². The third-order valence-electron chi connectivity index (χ3n) is 3.21. The number of nitrogens with two attached hydrogens (primary N) is 1. The summed E-state index contributed by atoms with van der Waals surface area (Å²) in [6.45, 7) is 6.41. The van der Waals surface area contributed by atoms with Crippen LogP contribution in [0.1, 0.15) is 19.8 Å². The lowest BCUT2D eigenvalue weighted by atomic mass is 9.98. The second-order valence-corrected chi connectivity index (χ2v) is 4.84. The highest BCUT2D eigenvalue weighted by Gasteiger charge is 2.15. The summed E-state index contributed by atoms with van der Waals surface area (Å²) in [4.78, 5) is 13.0. The molecule has 1 saturated heterocycles. The van der Waals surface area contributed by atoms with Crippen molar-refractivity contribution in [1.82, 2.24) is 4.90 Å². The number of hydrogen-bond donors (Lipinski definition) is 2. The predicted octanol–water partition coefficient (Wildman–Crippen LogP) is 0.137. The van der Waals surface area contributed by atoms with Crippen LogP contribution in [-0.4, -0.2) is 54.9 Å². The molecule has 2 atom stereocenters. The van der Waals surface area contributed by atoms with E-state index in [0.717, 1.165) is 39.3 Å². The monoisotopic (exact) mass is 256 g/mol. The molecule has 0 aromatic heterocycles. The Morgan fingerprint density at radius 2 is 2.11 bits per heavy atom. The van der Waals surface area contributed by atoms with Crippen molar-refractivity contribution in [3.05, 3.63) is 12.2 Å². The third kappa shape index (κ3) is 6.14. The number of amides is 1. The average molecular weight is 256 g/mol. The van der Waals surface area contributed by atoms with Crippen LogP contribution in [0, 0.1) is 5.92 Å². The molecule has 5 heteroatoms. The fourth-order valence-corrected chi connectivity index (χ4v) is 1.88. The van der Waals surface area contributed by atoms with Gasteiger partial charge in [0.25, 0.3) is 0 Å². The van der Waals surface area contributed by atoms with Gasteiger partial charge in [-0.2, -0.15) is 0 Å². The van der Waals surface area contributed by atoms with Crippen molar-refractivity contribution in [3.8, 4) is 0 Å². The molecular formula is C13H24N2O3. The van der Waals surface area contributed by atoms with Crippen molar-refractivity contribution in [2.45, 2.75) is 25.9 Å². The Bertz CT molecular complexity index is 275. The van der Waals surface area contributed by atoms with Crippen molar-refractivity contribution in [3.63, 3.8) is 0 Å². The molecule has 1 aliphatic rings. The number of aliphatic hydroxyl groups is 1. The van der Waals surface area contributed by atoms with Gasteiger partial charge < -0.3 is 15.6 Å². The van der Waals surface area contributed by atoms with E-state index < -0.39 is 12.0 Å². The van der Waals surface area contributed by atoms with Gasteiger partial charge in [0, 0.05) is 19.6 Å². The number of nitrogens with zero attached hydrogens (tertiary/aromatic N) is 1. The topological polar surface area (TPSA) is 75.8 Å². The van der Waals surface area contributed by atoms with E-state index in [2.05, 4.69) is 17.1 Å².